The maximum absolute atomic E-state index is 2.59. The number of hydrogen-bond acceptors (Lipinski definition) is 0. The third kappa shape index (κ3) is 2.51. The van der Waals surface area contributed by atoms with Crippen LogP contribution >= 0.6 is 0 Å². The molecule has 0 aromatic carbocycles. The van der Waals surface area contributed by atoms with Gasteiger partial charge in [0, 0.05) is 0 Å². The van der Waals surface area contributed by atoms with Gasteiger partial charge in [0.25, 0.3) is 0 Å². The van der Waals surface area contributed by atoms with E-state index in [-0.39, 0.29) is 0 Å². The van der Waals surface area contributed by atoms with Crippen LogP contribution in [0, 0.1) is 11.8 Å². The Bertz CT molecular complexity index is 289. The molecule has 3 aliphatic carbocycles. The van der Waals surface area contributed by atoms with Crippen molar-refractivity contribution in [2.75, 3.05) is 0 Å². The summed E-state index contributed by atoms with van der Waals surface area (Å²) in [4.78, 5) is 0. The molecule has 0 heteroatoms. The predicted octanol–water partition coefficient (Wildman–Crippen LogP) is 5.40. The van der Waals surface area contributed by atoms with E-state index in [4.69, 9.17) is 0 Å². The summed E-state index contributed by atoms with van der Waals surface area (Å²) in [5.74, 6) is 1.89. The second-order valence-corrected chi connectivity index (χ2v) is 6.19. The largest absolute Gasteiger partial charge is 0.0850 e. The van der Waals surface area contributed by atoms with Gasteiger partial charge in [-0.1, -0.05) is 29.7 Å². The Balaban J connectivity index is 1.74. The Morgan fingerprint density at radius 1 is 0.647 bits per heavy atom. The monoisotopic (exact) mass is 230 g/mol. The van der Waals surface area contributed by atoms with Gasteiger partial charge in [-0.3, -0.25) is 0 Å². The third-order valence-electron chi connectivity index (χ3n) is 5.12. The molecule has 0 N–H and O–H groups in total. The van der Waals surface area contributed by atoms with Crippen molar-refractivity contribution in [1.82, 2.24) is 0 Å². The molecule has 0 spiro atoms. The Hall–Kier alpha value is -0.520. The van der Waals surface area contributed by atoms with Crippen molar-refractivity contribution in [2.45, 2.75) is 70.6 Å². The molecule has 0 aromatic heterocycles. The van der Waals surface area contributed by atoms with Crippen LogP contribution in [0.25, 0.3) is 0 Å². The molecule has 0 radical (unpaired) electrons. The van der Waals surface area contributed by atoms with Crippen LogP contribution in [0.3, 0.4) is 0 Å². The van der Waals surface area contributed by atoms with Crippen LogP contribution in [-0.4, -0.2) is 0 Å². The molecule has 2 unspecified atom stereocenters. The molecule has 3 aliphatic rings. The summed E-state index contributed by atoms with van der Waals surface area (Å²) < 4.78 is 0. The summed E-state index contributed by atoms with van der Waals surface area (Å²) in [6.07, 6.45) is 20.9. The molecular formula is C17H26. The second-order valence-electron chi connectivity index (χ2n) is 6.19. The van der Waals surface area contributed by atoms with Gasteiger partial charge in [-0.2, -0.15) is 0 Å². The minimum absolute atomic E-state index is 0.944. The molecule has 0 aliphatic heterocycles. The van der Waals surface area contributed by atoms with Crippen LogP contribution in [0.15, 0.2) is 23.3 Å². The summed E-state index contributed by atoms with van der Waals surface area (Å²) in [6.45, 7) is 0. The van der Waals surface area contributed by atoms with Gasteiger partial charge in [-0.15, -0.1) is 0 Å². The molecular weight excluding hydrogens is 204 g/mol. The zero-order valence-electron chi connectivity index (χ0n) is 11.1. The van der Waals surface area contributed by atoms with Crippen LogP contribution < -0.4 is 0 Å². The van der Waals surface area contributed by atoms with Gasteiger partial charge < -0.3 is 0 Å². The zero-order chi connectivity index (χ0) is 11.5. The van der Waals surface area contributed by atoms with E-state index in [1.165, 1.54) is 70.6 Å². The Kier molecular flexibility index (Phi) is 3.68. The first-order chi connectivity index (χ1) is 8.45. The van der Waals surface area contributed by atoms with Gasteiger partial charge in [-0.25, -0.2) is 0 Å². The third-order valence-corrected chi connectivity index (χ3v) is 5.12. The van der Waals surface area contributed by atoms with E-state index in [1.807, 2.05) is 11.1 Å². The minimum atomic E-state index is 0.944. The fraction of sp³-hybridized carbons (Fsp3) is 0.765. The van der Waals surface area contributed by atoms with E-state index < -0.39 is 0 Å². The van der Waals surface area contributed by atoms with Crippen molar-refractivity contribution < 1.29 is 0 Å². The minimum Gasteiger partial charge on any atom is -0.0850 e. The van der Waals surface area contributed by atoms with Crippen molar-refractivity contribution in [1.29, 1.82) is 0 Å². The van der Waals surface area contributed by atoms with Crippen LogP contribution in [0.5, 0.6) is 0 Å². The van der Waals surface area contributed by atoms with E-state index >= 15 is 0 Å². The van der Waals surface area contributed by atoms with Crippen LogP contribution in [0.2, 0.25) is 0 Å². The van der Waals surface area contributed by atoms with Crippen LogP contribution in [0.4, 0.5) is 0 Å². The molecule has 1 saturated carbocycles. The highest BCUT2D eigenvalue weighted by molar-refractivity contribution is 5.21. The van der Waals surface area contributed by atoms with Gasteiger partial charge in [0.1, 0.15) is 0 Å². The quantitative estimate of drug-likeness (QED) is 0.557. The molecule has 0 saturated heterocycles. The first-order valence-corrected chi connectivity index (χ1v) is 7.83. The van der Waals surface area contributed by atoms with Crippen LogP contribution in [0.1, 0.15) is 70.6 Å². The Morgan fingerprint density at radius 2 is 1.18 bits per heavy atom. The van der Waals surface area contributed by atoms with E-state index in [2.05, 4.69) is 12.2 Å². The first-order valence-electron chi connectivity index (χ1n) is 7.83. The molecule has 2 atom stereocenters. The average Bonchev–Trinajstić information content (AvgIpc) is 2.90. The van der Waals surface area contributed by atoms with Gasteiger partial charge >= 0.3 is 0 Å². The van der Waals surface area contributed by atoms with Crippen molar-refractivity contribution in [3.8, 4) is 0 Å². The smallest absolute Gasteiger partial charge is 0.0138 e. The fourth-order valence-electron chi connectivity index (χ4n) is 4.25. The van der Waals surface area contributed by atoms with E-state index in [0.717, 1.165) is 11.8 Å². The molecule has 0 aromatic rings. The highest BCUT2D eigenvalue weighted by Gasteiger charge is 2.32. The average molecular weight is 230 g/mol. The summed E-state index contributed by atoms with van der Waals surface area (Å²) >= 11 is 0. The number of allylic oxidation sites excluding steroid dienone is 4. The molecule has 0 bridgehead atoms. The van der Waals surface area contributed by atoms with Crippen molar-refractivity contribution in [3.63, 3.8) is 0 Å². The number of rotatable bonds is 2. The van der Waals surface area contributed by atoms with Gasteiger partial charge in [-0.05, 0) is 76.0 Å². The van der Waals surface area contributed by atoms with E-state index in [9.17, 15) is 0 Å². The molecule has 94 valence electrons. The van der Waals surface area contributed by atoms with Crippen molar-refractivity contribution >= 4 is 0 Å². The molecule has 17 heavy (non-hydrogen) atoms. The lowest BCUT2D eigenvalue weighted by molar-refractivity contribution is 0.448. The molecule has 1 fully saturated rings. The van der Waals surface area contributed by atoms with Gasteiger partial charge in [0.05, 0.1) is 0 Å². The number of hydrogen-bond donors (Lipinski definition) is 0. The maximum atomic E-state index is 2.59. The standard InChI is InChI=1S/C17H26/c1-3-8-14(9-4-1)16-12-7-13-17(16)15-10-5-2-6-11-15/h8,10,16-17H,1-7,9,11-13H2. The van der Waals surface area contributed by atoms with E-state index in [0.29, 0.717) is 0 Å². The first kappa shape index (κ1) is 11.6. The second kappa shape index (κ2) is 5.42. The predicted molar refractivity (Wildman–Crippen MR) is 73.9 cm³/mol. The molecule has 3 rings (SSSR count). The van der Waals surface area contributed by atoms with Crippen molar-refractivity contribution in [2.24, 2.45) is 11.8 Å². The molecule has 0 amide bonds. The van der Waals surface area contributed by atoms with Crippen molar-refractivity contribution in [3.05, 3.63) is 23.3 Å². The lowest BCUT2D eigenvalue weighted by Gasteiger charge is -2.28. The highest BCUT2D eigenvalue weighted by Crippen LogP contribution is 2.45. The fourth-order valence-corrected chi connectivity index (χ4v) is 4.25. The summed E-state index contributed by atoms with van der Waals surface area (Å²) in [5, 5.41) is 0. The normalized spacial score (nSPS) is 34.4. The Morgan fingerprint density at radius 3 is 1.59 bits per heavy atom. The Labute approximate surface area is 106 Å². The lowest BCUT2D eigenvalue weighted by atomic mass is 9.77. The SMILES string of the molecule is C1=C(C2CCCC2C2=CCCCC2)CCCC1. The summed E-state index contributed by atoms with van der Waals surface area (Å²) in [5.41, 5.74) is 3.68. The van der Waals surface area contributed by atoms with Gasteiger partial charge in [0.15, 0.2) is 0 Å². The molecule has 0 heterocycles. The highest BCUT2D eigenvalue weighted by atomic mass is 14.4. The van der Waals surface area contributed by atoms with Gasteiger partial charge in [0.2, 0.25) is 0 Å². The zero-order valence-corrected chi connectivity index (χ0v) is 11.1. The van der Waals surface area contributed by atoms with E-state index in [1.54, 1.807) is 0 Å². The summed E-state index contributed by atoms with van der Waals surface area (Å²) in [7, 11) is 0. The lowest BCUT2D eigenvalue weighted by Crippen LogP contribution is -2.16. The van der Waals surface area contributed by atoms with Crippen LogP contribution in [-0.2, 0) is 0 Å². The maximum Gasteiger partial charge on any atom is -0.0138 e. The topological polar surface area (TPSA) is 0 Å². The summed E-state index contributed by atoms with van der Waals surface area (Å²) in [6, 6.07) is 0. The molecule has 0 nitrogen and oxygen atoms in total.